The smallest absolute Gasteiger partial charge is 0.315 e. The number of benzene rings is 2. The lowest BCUT2D eigenvalue weighted by Gasteiger charge is -2.16. The van der Waals surface area contributed by atoms with Crippen LogP contribution in [0, 0.1) is 10.1 Å². The molecule has 2 aromatic carbocycles. The highest BCUT2D eigenvalue weighted by Crippen LogP contribution is 2.26. The van der Waals surface area contributed by atoms with Crippen molar-refractivity contribution in [3.63, 3.8) is 0 Å². The Bertz CT molecular complexity index is 730. The van der Waals surface area contributed by atoms with Gasteiger partial charge in [0.25, 0.3) is 5.09 Å². The zero-order valence-corrected chi connectivity index (χ0v) is 13.0. The monoisotopic (exact) mass is 319 g/mol. The molecule has 0 aliphatic rings. The van der Waals surface area contributed by atoms with E-state index in [2.05, 4.69) is 4.84 Å². The first kappa shape index (κ1) is 16.5. The number of carbonyl (C=O) groups is 1. The first-order valence-corrected chi connectivity index (χ1v) is 7.00. The minimum absolute atomic E-state index is 0.570. The van der Waals surface area contributed by atoms with Gasteiger partial charge >= 0.3 is 5.97 Å². The van der Waals surface area contributed by atoms with Gasteiger partial charge in [0.2, 0.25) is 6.29 Å². The molecule has 2 rings (SSSR count). The number of rotatable bonds is 6. The number of hydrogen-bond donors (Lipinski definition) is 0. The average molecular weight is 319 g/mol. The lowest BCUT2D eigenvalue weighted by atomic mass is 9.98. The lowest BCUT2D eigenvalue weighted by molar-refractivity contribution is -0.777. The van der Waals surface area contributed by atoms with Gasteiger partial charge in [0.1, 0.15) is 5.75 Å². The van der Waals surface area contributed by atoms with Gasteiger partial charge in [0, 0.05) is 0 Å². The summed E-state index contributed by atoms with van der Waals surface area (Å²) < 4.78 is 10.1. The minimum atomic E-state index is -1.25. The second kappa shape index (κ2) is 6.95. The zero-order valence-electron chi connectivity index (χ0n) is 13.0. The van der Waals surface area contributed by atoms with E-state index in [1.807, 2.05) is 36.4 Å². The van der Waals surface area contributed by atoms with Crippen molar-refractivity contribution in [2.75, 3.05) is 7.11 Å². The fourth-order valence-electron chi connectivity index (χ4n) is 2.18. The van der Waals surface area contributed by atoms with E-state index in [-0.39, 0.29) is 0 Å². The van der Waals surface area contributed by atoms with Crippen LogP contribution in [0.3, 0.4) is 0 Å². The quantitative estimate of drug-likeness (QED) is 0.352. The molecule has 122 valence electrons. The fraction of sp³-hybridized carbons (Fsp3) is 0.312. The Morgan fingerprint density at radius 2 is 1.78 bits per heavy atom. The van der Waals surface area contributed by atoms with Crippen molar-refractivity contribution in [1.29, 1.82) is 0 Å². The van der Waals surface area contributed by atoms with Crippen molar-refractivity contribution in [2.45, 2.75) is 26.1 Å². The lowest BCUT2D eigenvalue weighted by Crippen LogP contribution is -2.23. The standard InChI is InChI=1S/C16H17NO6/c1-10(16(18)22-11(2)23-17(19)20)12-4-5-14-9-15(21-3)7-6-13(14)8-12/h4-11H,1-3H3/t10-,11?/m0/s1. The van der Waals surface area contributed by atoms with Crippen molar-refractivity contribution in [2.24, 2.45) is 0 Å². The summed E-state index contributed by atoms with van der Waals surface area (Å²) in [5.74, 6) is -0.407. The minimum Gasteiger partial charge on any atom is -0.497 e. The van der Waals surface area contributed by atoms with Crippen LogP contribution in [0.25, 0.3) is 10.8 Å². The maximum Gasteiger partial charge on any atom is 0.315 e. The summed E-state index contributed by atoms with van der Waals surface area (Å²) in [6.07, 6.45) is -1.25. The van der Waals surface area contributed by atoms with E-state index in [1.165, 1.54) is 6.92 Å². The molecule has 0 aliphatic heterocycles. The highest BCUT2D eigenvalue weighted by atomic mass is 17.0. The maximum absolute atomic E-state index is 12.0. The number of esters is 1. The zero-order chi connectivity index (χ0) is 17.0. The molecular formula is C16H17NO6. The average Bonchev–Trinajstić information content (AvgIpc) is 2.52. The highest BCUT2D eigenvalue weighted by molar-refractivity contribution is 5.86. The fourth-order valence-corrected chi connectivity index (χ4v) is 2.18. The molecule has 0 saturated heterocycles. The third kappa shape index (κ3) is 4.09. The van der Waals surface area contributed by atoms with E-state index in [1.54, 1.807) is 14.0 Å². The first-order valence-electron chi connectivity index (χ1n) is 7.00. The molecule has 0 bridgehead atoms. The molecule has 2 atom stereocenters. The molecule has 0 N–H and O–H groups in total. The Hall–Kier alpha value is -2.83. The normalized spacial score (nSPS) is 13.2. The Kier molecular flexibility index (Phi) is 5.00. The molecule has 7 heteroatoms. The summed E-state index contributed by atoms with van der Waals surface area (Å²) in [5.41, 5.74) is 0.751. The molecule has 0 aliphatic carbocycles. The summed E-state index contributed by atoms with van der Waals surface area (Å²) in [4.78, 5) is 26.4. The van der Waals surface area contributed by atoms with Gasteiger partial charge in [-0.2, -0.15) is 0 Å². The molecule has 2 aromatic rings. The van der Waals surface area contributed by atoms with E-state index in [0.717, 1.165) is 22.1 Å². The van der Waals surface area contributed by atoms with E-state index in [9.17, 15) is 14.9 Å². The number of ether oxygens (including phenoxy) is 2. The van der Waals surface area contributed by atoms with Gasteiger partial charge in [-0.25, -0.2) is 0 Å². The molecule has 0 heterocycles. The molecule has 0 saturated carbocycles. The van der Waals surface area contributed by atoms with Crippen LogP contribution in [0.4, 0.5) is 0 Å². The number of carbonyl (C=O) groups excluding carboxylic acids is 1. The number of methoxy groups -OCH3 is 1. The van der Waals surface area contributed by atoms with E-state index in [0.29, 0.717) is 0 Å². The number of hydrogen-bond acceptors (Lipinski definition) is 6. The summed E-state index contributed by atoms with van der Waals surface area (Å²) in [6.45, 7) is 2.96. The van der Waals surface area contributed by atoms with Crippen LogP contribution in [0.2, 0.25) is 0 Å². The summed E-state index contributed by atoms with van der Waals surface area (Å²) in [5, 5.41) is 11.2. The van der Waals surface area contributed by atoms with Crippen LogP contribution < -0.4 is 4.74 Å². The van der Waals surface area contributed by atoms with Crippen LogP contribution >= 0.6 is 0 Å². The van der Waals surface area contributed by atoms with Gasteiger partial charge < -0.3 is 9.47 Å². The van der Waals surface area contributed by atoms with Crippen LogP contribution in [-0.2, 0) is 14.4 Å². The Morgan fingerprint density at radius 3 is 2.43 bits per heavy atom. The van der Waals surface area contributed by atoms with Crippen molar-refractivity contribution < 1.29 is 24.2 Å². The summed E-state index contributed by atoms with van der Waals surface area (Å²) in [7, 11) is 1.60. The third-order valence-electron chi connectivity index (χ3n) is 3.44. The van der Waals surface area contributed by atoms with Crippen molar-refractivity contribution in [3.05, 3.63) is 52.1 Å². The topological polar surface area (TPSA) is 87.9 Å². The predicted octanol–water partition coefficient (Wildman–Crippen LogP) is 3.05. The molecule has 23 heavy (non-hydrogen) atoms. The van der Waals surface area contributed by atoms with Gasteiger partial charge in [-0.15, -0.1) is 10.1 Å². The Morgan fingerprint density at radius 1 is 1.13 bits per heavy atom. The molecule has 0 aromatic heterocycles. The van der Waals surface area contributed by atoms with Gasteiger partial charge in [-0.05, 0) is 42.3 Å². The van der Waals surface area contributed by atoms with E-state index >= 15 is 0 Å². The van der Waals surface area contributed by atoms with Gasteiger partial charge in [-0.3, -0.25) is 9.63 Å². The number of fused-ring (bicyclic) bond motifs is 1. The predicted molar refractivity (Wildman–Crippen MR) is 82.5 cm³/mol. The molecular weight excluding hydrogens is 302 g/mol. The van der Waals surface area contributed by atoms with Crippen LogP contribution in [0.1, 0.15) is 25.3 Å². The molecule has 1 unspecified atom stereocenters. The molecule has 0 radical (unpaired) electrons. The molecule has 0 spiro atoms. The van der Waals surface area contributed by atoms with Crippen LogP contribution in [-0.4, -0.2) is 24.5 Å². The second-order valence-electron chi connectivity index (χ2n) is 5.03. The second-order valence-corrected chi connectivity index (χ2v) is 5.03. The number of nitrogens with zero attached hydrogens (tertiary/aromatic N) is 1. The highest BCUT2D eigenvalue weighted by Gasteiger charge is 2.21. The van der Waals surface area contributed by atoms with Crippen LogP contribution in [0.15, 0.2) is 36.4 Å². The van der Waals surface area contributed by atoms with Gasteiger partial charge in [0.05, 0.1) is 13.0 Å². The van der Waals surface area contributed by atoms with Gasteiger partial charge in [0.15, 0.2) is 0 Å². The maximum atomic E-state index is 12.0. The van der Waals surface area contributed by atoms with E-state index < -0.39 is 23.3 Å². The SMILES string of the molecule is COc1ccc2cc([C@H](C)C(=O)OC(C)O[N+](=O)[O-])ccc2c1. The third-order valence-corrected chi connectivity index (χ3v) is 3.44. The Balaban J connectivity index is 2.15. The summed E-state index contributed by atoms with van der Waals surface area (Å²) in [6, 6.07) is 11.2. The van der Waals surface area contributed by atoms with Gasteiger partial charge in [-0.1, -0.05) is 24.3 Å². The van der Waals surface area contributed by atoms with E-state index in [4.69, 9.17) is 9.47 Å². The Labute approximate surface area is 132 Å². The first-order chi connectivity index (χ1) is 10.9. The molecule has 0 fully saturated rings. The van der Waals surface area contributed by atoms with Crippen molar-refractivity contribution in [3.8, 4) is 5.75 Å². The van der Waals surface area contributed by atoms with Crippen molar-refractivity contribution in [1.82, 2.24) is 0 Å². The largest absolute Gasteiger partial charge is 0.497 e. The molecule has 7 nitrogen and oxygen atoms in total. The molecule has 0 amide bonds. The van der Waals surface area contributed by atoms with Crippen LogP contribution in [0.5, 0.6) is 5.75 Å². The summed E-state index contributed by atoms with van der Waals surface area (Å²) >= 11 is 0. The van der Waals surface area contributed by atoms with Crippen molar-refractivity contribution >= 4 is 16.7 Å².